The van der Waals surface area contributed by atoms with Crippen LogP contribution in [-0.4, -0.2) is 4.21 Å². The van der Waals surface area contributed by atoms with E-state index in [1.807, 2.05) is 36.4 Å². The first-order valence-corrected chi connectivity index (χ1v) is 8.36. The highest BCUT2D eigenvalue weighted by molar-refractivity contribution is 7.84. The van der Waals surface area contributed by atoms with Crippen molar-refractivity contribution in [2.24, 2.45) is 5.73 Å². The van der Waals surface area contributed by atoms with Crippen molar-refractivity contribution >= 4 is 10.8 Å². The van der Waals surface area contributed by atoms with E-state index in [1.165, 1.54) is 11.1 Å². The molecule has 2 aromatic rings. The van der Waals surface area contributed by atoms with Crippen LogP contribution in [0.2, 0.25) is 0 Å². The molecule has 1 aliphatic carbocycles. The highest BCUT2D eigenvalue weighted by Gasteiger charge is 2.18. The van der Waals surface area contributed by atoms with Gasteiger partial charge in [0.05, 0.1) is 16.6 Å². The molecule has 0 amide bonds. The van der Waals surface area contributed by atoms with E-state index in [2.05, 4.69) is 12.1 Å². The number of hydrogen-bond donors (Lipinski definition) is 1. The fraction of sp³-hybridized carbons (Fsp3) is 0.294. The molecule has 3 heteroatoms. The fourth-order valence-corrected chi connectivity index (χ4v) is 3.90. The predicted octanol–water partition coefficient (Wildman–Crippen LogP) is 3.33. The maximum atomic E-state index is 12.5. The molecule has 2 nitrogen and oxygen atoms in total. The molecule has 104 valence electrons. The smallest absolute Gasteiger partial charge is 0.0574 e. The van der Waals surface area contributed by atoms with Crippen LogP contribution in [0.3, 0.4) is 0 Å². The molecule has 2 unspecified atom stereocenters. The van der Waals surface area contributed by atoms with Crippen molar-refractivity contribution in [2.75, 3.05) is 0 Å². The monoisotopic (exact) mass is 285 g/mol. The van der Waals surface area contributed by atoms with Crippen LogP contribution >= 0.6 is 0 Å². The van der Waals surface area contributed by atoms with Gasteiger partial charge in [0.25, 0.3) is 0 Å². The predicted molar refractivity (Wildman–Crippen MR) is 82.9 cm³/mol. The molecule has 20 heavy (non-hydrogen) atoms. The second-order valence-corrected chi connectivity index (χ2v) is 6.79. The first kappa shape index (κ1) is 13.5. The van der Waals surface area contributed by atoms with Crippen molar-refractivity contribution in [2.45, 2.75) is 36.0 Å². The molecular weight excluding hydrogens is 266 g/mol. The van der Waals surface area contributed by atoms with Gasteiger partial charge in [-0.15, -0.1) is 0 Å². The van der Waals surface area contributed by atoms with E-state index in [0.717, 1.165) is 29.7 Å². The summed E-state index contributed by atoms with van der Waals surface area (Å²) in [4.78, 5) is 0.893. The molecule has 0 aliphatic heterocycles. The number of aryl methyl sites for hydroxylation is 1. The molecule has 2 N–H and O–H groups in total. The first-order valence-electron chi connectivity index (χ1n) is 7.05. The van der Waals surface area contributed by atoms with Crippen LogP contribution < -0.4 is 5.73 Å². The molecule has 0 heterocycles. The molecule has 0 bridgehead atoms. The Morgan fingerprint density at radius 3 is 2.75 bits per heavy atom. The van der Waals surface area contributed by atoms with Crippen molar-refractivity contribution in [3.63, 3.8) is 0 Å². The Bertz CT molecular complexity index is 624. The van der Waals surface area contributed by atoms with Gasteiger partial charge in [0, 0.05) is 10.9 Å². The van der Waals surface area contributed by atoms with Crippen molar-refractivity contribution in [1.82, 2.24) is 0 Å². The third-order valence-electron chi connectivity index (χ3n) is 3.88. The number of hydrogen-bond acceptors (Lipinski definition) is 2. The highest BCUT2D eigenvalue weighted by atomic mass is 32.2. The second kappa shape index (κ2) is 5.90. The van der Waals surface area contributed by atoms with Crippen LogP contribution in [0.1, 0.15) is 35.6 Å². The number of rotatable bonds is 3. The summed E-state index contributed by atoms with van der Waals surface area (Å²) in [5.41, 5.74) is 9.79. The molecular formula is C17H19NOS. The summed E-state index contributed by atoms with van der Waals surface area (Å²) in [6.07, 6.45) is 3.27. The molecule has 0 fully saturated rings. The number of fused-ring (bicyclic) bond motifs is 1. The molecule has 0 saturated heterocycles. The second-order valence-electron chi connectivity index (χ2n) is 5.33. The summed E-state index contributed by atoms with van der Waals surface area (Å²) in [5.74, 6) is 0.564. The van der Waals surface area contributed by atoms with E-state index in [-0.39, 0.29) is 6.04 Å². The summed E-state index contributed by atoms with van der Waals surface area (Å²) in [6, 6.07) is 16.2. The van der Waals surface area contributed by atoms with Gasteiger partial charge in [-0.3, -0.25) is 4.21 Å². The Hall–Kier alpha value is -1.45. The normalized spacial score (nSPS) is 19.4. The van der Waals surface area contributed by atoms with Gasteiger partial charge in [-0.05, 0) is 48.1 Å². The van der Waals surface area contributed by atoms with E-state index >= 15 is 0 Å². The summed E-state index contributed by atoms with van der Waals surface area (Å²) < 4.78 is 12.5. The topological polar surface area (TPSA) is 43.1 Å². The van der Waals surface area contributed by atoms with Gasteiger partial charge in [-0.1, -0.05) is 36.4 Å². The van der Waals surface area contributed by atoms with Crippen LogP contribution in [0, 0.1) is 0 Å². The highest BCUT2D eigenvalue weighted by Crippen LogP contribution is 2.29. The van der Waals surface area contributed by atoms with Gasteiger partial charge in [0.2, 0.25) is 0 Å². The van der Waals surface area contributed by atoms with E-state index in [4.69, 9.17) is 5.73 Å². The zero-order chi connectivity index (χ0) is 13.9. The molecule has 0 spiro atoms. The number of nitrogens with two attached hydrogens (primary N) is 1. The first-order chi connectivity index (χ1) is 9.74. The average molecular weight is 285 g/mol. The molecule has 0 radical (unpaired) electrons. The summed E-state index contributed by atoms with van der Waals surface area (Å²) in [5, 5.41) is 0. The van der Waals surface area contributed by atoms with Gasteiger partial charge < -0.3 is 5.73 Å². The standard InChI is InChI=1S/C17H19NOS/c18-17-8-4-7-14-9-10-15(11-16(14)17)20(19)12-13-5-2-1-3-6-13/h1-3,5-6,9-11,17H,4,7-8,12,18H2. The van der Waals surface area contributed by atoms with Crippen molar-refractivity contribution < 1.29 is 4.21 Å². The summed E-state index contributed by atoms with van der Waals surface area (Å²) >= 11 is 0. The maximum Gasteiger partial charge on any atom is 0.0574 e. The van der Waals surface area contributed by atoms with Gasteiger partial charge in [-0.2, -0.15) is 0 Å². The van der Waals surface area contributed by atoms with Crippen LogP contribution in [0.4, 0.5) is 0 Å². The minimum Gasteiger partial charge on any atom is -0.324 e. The van der Waals surface area contributed by atoms with Crippen molar-refractivity contribution in [1.29, 1.82) is 0 Å². The Labute approximate surface area is 122 Å². The molecule has 0 saturated carbocycles. The van der Waals surface area contributed by atoms with Crippen molar-refractivity contribution in [3.8, 4) is 0 Å². The Balaban J connectivity index is 1.84. The van der Waals surface area contributed by atoms with Crippen LogP contribution in [0.15, 0.2) is 53.4 Å². The lowest BCUT2D eigenvalue weighted by Crippen LogP contribution is -2.17. The Kier molecular flexibility index (Phi) is 3.99. The zero-order valence-corrected chi connectivity index (χ0v) is 12.2. The largest absolute Gasteiger partial charge is 0.324 e. The van der Waals surface area contributed by atoms with E-state index in [1.54, 1.807) is 0 Å². The minimum atomic E-state index is -1.00. The average Bonchev–Trinajstić information content (AvgIpc) is 2.48. The Morgan fingerprint density at radius 1 is 1.15 bits per heavy atom. The maximum absolute atomic E-state index is 12.5. The molecule has 2 atom stereocenters. The molecule has 3 rings (SSSR count). The van der Waals surface area contributed by atoms with E-state index in [0.29, 0.717) is 5.75 Å². The number of benzene rings is 2. The quantitative estimate of drug-likeness (QED) is 0.940. The van der Waals surface area contributed by atoms with Gasteiger partial charge in [0.1, 0.15) is 0 Å². The third-order valence-corrected chi connectivity index (χ3v) is 5.26. The SMILES string of the molecule is NC1CCCc2ccc(S(=O)Cc3ccccc3)cc21. The third kappa shape index (κ3) is 2.84. The summed E-state index contributed by atoms with van der Waals surface area (Å²) in [6.45, 7) is 0. The van der Waals surface area contributed by atoms with Gasteiger partial charge in [0.15, 0.2) is 0 Å². The lowest BCUT2D eigenvalue weighted by Gasteiger charge is -2.22. The Morgan fingerprint density at radius 2 is 1.95 bits per heavy atom. The van der Waals surface area contributed by atoms with E-state index < -0.39 is 10.8 Å². The fourth-order valence-electron chi connectivity index (χ4n) is 2.76. The van der Waals surface area contributed by atoms with Crippen molar-refractivity contribution in [3.05, 3.63) is 65.2 Å². The molecule has 2 aromatic carbocycles. The minimum absolute atomic E-state index is 0.104. The van der Waals surface area contributed by atoms with Crippen LogP contribution in [0.5, 0.6) is 0 Å². The lowest BCUT2D eigenvalue weighted by atomic mass is 9.88. The van der Waals surface area contributed by atoms with Crippen LogP contribution in [-0.2, 0) is 23.0 Å². The van der Waals surface area contributed by atoms with Gasteiger partial charge >= 0.3 is 0 Å². The van der Waals surface area contributed by atoms with E-state index in [9.17, 15) is 4.21 Å². The lowest BCUT2D eigenvalue weighted by molar-refractivity contribution is 0.569. The summed E-state index contributed by atoms with van der Waals surface area (Å²) in [7, 11) is -1.00. The van der Waals surface area contributed by atoms with Gasteiger partial charge in [-0.25, -0.2) is 0 Å². The van der Waals surface area contributed by atoms with Crippen LogP contribution in [0.25, 0.3) is 0 Å². The zero-order valence-electron chi connectivity index (χ0n) is 11.4. The molecule has 0 aromatic heterocycles. The molecule has 1 aliphatic rings.